The van der Waals surface area contributed by atoms with Crippen LogP contribution in [0.1, 0.15) is 12.7 Å². The highest BCUT2D eigenvalue weighted by Gasteiger charge is 2.19. The lowest BCUT2D eigenvalue weighted by Gasteiger charge is -1.98. The number of hydrogen-bond donors (Lipinski definition) is 0. The van der Waals surface area contributed by atoms with Gasteiger partial charge in [-0.1, -0.05) is 6.92 Å². The summed E-state index contributed by atoms with van der Waals surface area (Å²) in [5.41, 5.74) is 0. The summed E-state index contributed by atoms with van der Waals surface area (Å²) >= 11 is 0. The molecule has 66 valence electrons. The first-order valence-electron chi connectivity index (χ1n) is 3.46. The molecule has 0 spiro atoms. The lowest BCUT2D eigenvalue weighted by atomic mass is 10.5. The van der Waals surface area contributed by atoms with Gasteiger partial charge in [-0.15, -0.1) is 0 Å². The Kier molecular flexibility index (Phi) is 2.27. The highest BCUT2D eigenvalue weighted by atomic mass is 16.7. The van der Waals surface area contributed by atoms with Crippen LogP contribution in [0.15, 0.2) is 6.20 Å². The largest absolute Gasteiger partial charge is 0.381 e. The van der Waals surface area contributed by atoms with E-state index in [0.717, 1.165) is 4.73 Å². The summed E-state index contributed by atoms with van der Waals surface area (Å²) in [6.45, 7) is 1.85. The molecule has 0 aromatic carbocycles. The molecule has 1 aromatic heterocycles. The van der Waals surface area contributed by atoms with Crippen LogP contribution in [0.4, 0.5) is 5.82 Å². The van der Waals surface area contributed by atoms with E-state index < -0.39 is 4.92 Å². The Morgan fingerprint density at radius 3 is 2.92 bits per heavy atom. The second kappa shape index (κ2) is 3.21. The predicted molar refractivity (Wildman–Crippen MR) is 40.8 cm³/mol. The van der Waals surface area contributed by atoms with E-state index in [4.69, 9.17) is 4.84 Å². The van der Waals surface area contributed by atoms with Gasteiger partial charge >= 0.3 is 5.82 Å². The zero-order valence-electron chi connectivity index (χ0n) is 6.85. The molecule has 12 heavy (non-hydrogen) atoms. The molecular weight excluding hydrogens is 162 g/mol. The van der Waals surface area contributed by atoms with Crippen molar-refractivity contribution in [3.63, 3.8) is 0 Å². The summed E-state index contributed by atoms with van der Waals surface area (Å²) in [6.07, 6.45) is 1.78. The zero-order chi connectivity index (χ0) is 9.14. The van der Waals surface area contributed by atoms with Crippen LogP contribution >= 0.6 is 0 Å². The van der Waals surface area contributed by atoms with Gasteiger partial charge in [-0.25, -0.2) is 4.98 Å². The molecule has 6 heteroatoms. The maximum absolute atomic E-state index is 10.4. The Bertz CT molecular complexity index is 294. The summed E-state index contributed by atoms with van der Waals surface area (Å²) < 4.78 is 1.11. The van der Waals surface area contributed by atoms with E-state index in [0.29, 0.717) is 12.2 Å². The van der Waals surface area contributed by atoms with Crippen molar-refractivity contribution in [3.05, 3.63) is 22.1 Å². The summed E-state index contributed by atoms with van der Waals surface area (Å²) in [5, 5.41) is 10.4. The minimum atomic E-state index is -0.532. The first-order chi connectivity index (χ1) is 5.70. The van der Waals surface area contributed by atoms with Crippen LogP contribution in [-0.2, 0) is 6.42 Å². The Labute approximate surface area is 68.9 Å². The first kappa shape index (κ1) is 8.51. The van der Waals surface area contributed by atoms with E-state index in [1.165, 1.54) is 13.3 Å². The minimum absolute atomic E-state index is 0.144. The molecule has 0 radical (unpaired) electrons. The lowest BCUT2D eigenvalue weighted by molar-refractivity contribution is -0.396. The fourth-order valence-electron chi connectivity index (χ4n) is 0.924. The highest BCUT2D eigenvalue weighted by Crippen LogP contribution is 2.11. The van der Waals surface area contributed by atoms with Crippen LogP contribution < -0.4 is 4.84 Å². The topological polar surface area (TPSA) is 70.2 Å². The molecule has 1 heterocycles. The van der Waals surface area contributed by atoms with Crippen molar-refractivity contribution in [1.29, 1.82) is 0 Å². The fourth-order valence-corrected chi connectivity index (χ4v) is 0.924. The molecule has 1 aromatic rings. The Balaban J connectivity index is 3.13. The van der Waals surface area contributed by atoms with E-state index in [1.807, 2.05) is 6.92 Å². The number of rotatable bonds is 3. The van der Waals surface area contributed by atoms with Crippen LogP contribution in [0.2, 0.25) is 0 Å². The number of aromatic nitrogens is 2. The lowest BCUT2D eigenvalue weighted by Crippen LogP contribution is -2.12. The zero-order valence-corrected chi connectivity index (χ0v) is 6.85. The van der Waals surface area contributed by atoms with Crippen LogP contribution in [0.25, 0.3) is 0 Å². The molecule has 0 aliphatic carbocycles. The molecule has 0 saturated heterocycles. The molecule has 0 bridgehead atoms. The summed E-state index contributed by atoms with van der Waals surface area (Å²) in [5.74, 6) is 0.401. The molecule has 0 aliphatic heterocycles. The quantitative estimate of drug-likeness (QED) is 0.488. The van der Waals surface area contributed by atoms with Crippen molar-refractivity contribution in [2.45, 2.75) is 13.3 Å². The van der Waals surface area contributed by atoms with Gasteiger partial charge in [0.05, 0.1) is 0 Å². The van der Waals surface area contributed by atoms with Gasteiger partial charge in [0.15, 0.2) is 0 Å². The van der Waals surface area contributed by atoms with Crippen molar-refractivity contribution < 1.29 is 9.76 Å². The molecule has 0 saturated carbocycles. The Morgan fingerprint density at radius 1 is 1.83 bits per heavy atom. The van der Waals surface area contributed by atoms with Gasteiger partial charge in [0.25, 0.3) is 0 Å². The number of hydrogen-bond acceptors (Lipinski definition) is 4. The molecular formula is C6H9N3O3. The molecule has 0 N–H and O–H groups in total. The van der Waals surface area contributed by atoms with E-state index >= 15 is 0 Å². The van der Waals surface area contributed by atoms with Crippen molar-refractivity contribution >= 4 is 5.82 Å². The van der Waals surface area contributed by atoms with Gasteiger partial charge in [-0.2, -0.15) is 0 Å². The monoisotopic (exact) mass is 171 g/mol. The fraction of sp³-hybridized carbons (Fsp3) is 0.500. The Morgan fingerprint density at radius 2 is 2.50 bits per heavy atom. The van der Waals surface area contributed by atoms with Crippen LogP contribution in [0.5, 0.6) is 0 Å². The van der Waals surface area contributed by atoms with E-state index in [2.05, 4.69) is 4.98 Å². The number of imidazole rings is 1. The van der Waals surface area contributed by atoms with Crippen molar-refractivity contribution in [2.75, 3.05) is 7.11 Å². The van der Waals surface area contributed by atoms with Crippen LogP contribution in [0, 0.1) is 10.1 Å². The predicted octanol–water partition coefficient (Wildman–Crippen LogP) is 0.412. The van der Waals surface area contributed by atoms with Crippen LogP contribution in [-0.4, -0.2) is 21.7 Å². The Hall–Kier alpha value is -1.59. The van der Waals surface area contributed by atoms with Crippen molar-refractivity contribution in [1.82, 2.24) is 9.71 Å². The number of nitro groups is 1. The molecule has 0 fully saturated rings. The summed E-state index contributed by atoms with van der Waals surface area (Å²) in [7, 11) is 1.37. The molecule has 1 rings (SSSR count). The molecule has 0 amide bonds. The van der Waals surface area contributed by atoms with E-state index in [1.54, 1.807) is 0 Å². The standard InChI is InChI=1S/C6H9N3O3/c1-3-5-7-4-6(9(10)11)8(5)12-2/h4H,3H2,1-2H3. The maximum atomic E-state index is 10.4. The smallest absolute Gasteiger partial charge is 0.358 e. The van der Waals surface area contributed by atoms with Crippen molar-refractivity contribution in [3.8, 4) is 0 Å². The van der Waals surface area contributed by atoms with Gasteiger partial charge in [-0.3, -0.25) is 0 Å². The highest BCUT2D eigenvalue weighted by molar-refractivity contribution is 5.17. The van der Waals surface area contributed by atoms with Crippen LogP contribution in [0.3, 0.4) is 0 Å². The SMILES string of the molecule is CCc1ncc([N+](=O)[O-])n1OC. The molecule has 0 aliphatic rings. The molecule has 0 atom stereocenters. The normalized spacial score (nSPS) is 9.83. The third-order valence-corrected chi connectivity index (χ3v) is 1.46. The first-order valence-corrected chi connectivity index (χ1v) is 3.46. The van der Waals surface area contributed by atoms with Gasteiger partial charge in [0, 0.05) is 6.42 Å². The van der Waals surface area contributed by atoms with E-state index in [9.17, 15) is 10.1 Å². The second-order valence-electron chi connectivity index (χ2n) is 2.12. The second-order valence-corrected chi connectivity index (χ2v) is 2.12. The summed E-state index contributed by atoms with van der Waals surface area (Å²) in [4.78, 5) is 18.4. The molecule has 6 nitrogen and oxygen atoms in total. The summed E-state index contributed by atoms with van der Waals surface area (Å²) in [6, 6.07) is 0. The van der Waals surface area contributed by atoms with Gasteiger partial charge in [0.2, 0.25) is 5.82 Å². The molecule has 0 unspecified atom stereocenters. The maximum Gasteiger partial charge on any atom is 0.381 e. The van der Waals surface area contributed by atoms with E-state index in [-0.39, 0.29) is 5.82 Å². The minimum Gasteiger partial charge on any atom is -0.358 e. The number of nitrogens with zero attached hydrogens (tertiary/aromatic N) is 3. The number of aryl methyl sites for hydroxylation is 1. The average molecular weight is 171 g/mol. The third kappa shape index (κ3) is 1.23. The van der Waals surface area contributed by atoms with Gasteiger partial charge in [-0.05, 0) is 9.65 Å². The third-order valence-electron chi connectivity index (χ3n) is 1.46. The average Bonchev–Trinajstić information content (AvgIpc) is 2.46. The van der Waals surface area contributed by atoms with Crippen molar-refractivity contribution in [2.24, 2.45) is 0 Å². The van der Waals surface area contributed by atoms with Gasteiger partial charge < -0.3 is 15.0 Å². The van der Waals surface area contributed by atoms with Gasteiger partial charge in [0.1, 0.15) is 13.3 Å².